The first-order valence-corrected chi connectivity index (χ1v) is 8.02. The standard InChI is InChI=1S/C18H18ClN3O/c19-16-8-6-14(7-9-16)10-12-20-13-11-17-21-22-18(23-17)15-4-2-1-3-5-15/h1-9,20H,10-13H2. The highest BCUT2D eigenvalue weighted by Gasteiger charge is 2.07. The molecule has 0 aliphatic rings. The maximum Gasteiger partial charge on any atom is 0.247 e. The number of rotatable bonds is 7. The molecule has 2 aromatic carbocycles. The number of hydrogen-bond donors (Lipinski definition) is 1. The highest BCUT2D eigenvalue weighted by molar-refractivity contribution is 6.30. The van der Waals surface area contributed by atoms with Crippen molar-refractivity contribution in [2.45, 2.75) is 12.8 Å². The Bertz CT molecular complexity index is 726. The first-order valence-electron chi connectivity index (χ1n) is 7.64. The molecule has 23 heavy (non-hydrogen) atoms. The van der Waals surface area contributed by atoms with E-state index in [1.54, 1.807) is 0 Å². The van der Waals surface area contributed by atoms with Gasteiger partial charge in [0.2, 0.25) is 11.8 Å². The number of benzene rings is 2. The molecule has 0 atom stereocenters. The van der Waals surface area contributed by atoms with Crippen LogP contribution >= 0.6 is 11.6 Å². The second-order valence-corrected chi connectivity index (χ2v) is 5.68. The third-order valence-electron chi connectivity index (χ3n) is 3.51. The average Bonchev–Trinajstić information content (AvgIpc) is 3.06. The van der Waals surface area contributed by atoms with Gasteiger partial charge in [0.1, 0.15) is 0 Å². The van der Waals surface area contributed by atoms with Crippen LogP contribution in [0.25, 0.3) is 11.5 Å². The first-order chi connectivity index (χ1) is 11.3. The average molecular weight is 328 g/mol. The molecule has 0 saturated carbocycles. The quantitative estimate of drug-likeness (QED) is 0.671. The van der Waals surface area contributed by atoms with Crippen LogP contribution in [0.4, 0.5) is 0 Å². The van der Waals surface area contributed by atoms with Crippen molar-refractivity contribution in [3.8, 4) is 11.5 Å². The largest absolute Gasteiger partial charge is 0.421 e. The van der Waals surface area contributed by atoms with Gasteiger partial charge in [-0.2, -0.15) is 0 Å². The van der Waals surface area contributed by atoms with Gasteiger partial charge in [-0.15, -0.1) is 10.2 Å². The van der Waals surface area contributed by atoms with E-state index in [0.29, 0.717) is 11.8 Å². The zero-order valence-corrected chi connectivity index (χ0v) is 13.5. The van der Waals surface area contributed by atoms with E-state index in [-0.39, 0.29) is 0 Å². The summed E-state index contributed by atoms with van der Waals surface area (Å²) in [4.78, 5) is 0. The molecule has 0 aliphatic heterocycles. The lowest BCUT2D eigenvalue weighted by Gasteiger charge is -2.03. The second-order valence-electron chi connectivity index (χ2n) is 5.24. The molecule has 0 amide bonds. The topological polar surface area (TPSA) is 51.0 Å². The van der Waals surface area contributed by atoms with Crippen LogP contribution < -0.4 is 5.32 Å². The fraction of sp³-hybridized carbons (Fsp3) is 0.222. The van der Waals surface area contributed by atoms with Crippen molar-refractivity contribution in [3.63, 3.8) is 0 Å². The van der Waals surface area contributed by atoms with Gasteiger partial charge in [0.15, 0.2) is 0 Å². The predicted molar refractivity (Wildman–Crippen MR) is 91.5 cm³/mol. The van der Waals surface area contributed by atoms with Crippen LogP contribution in [0.5, 0.6) is 0 Å². The summed E-state index contributed by atoms with van der Waals surface area (Å²) in [5.41, 5.74) is 2.22. The minimum Gasteiger partial charge on any atom is -0.421 e. The van der Waals surface area contributed by atoms with Crippen LogP contribution in [0.2, 0.25) is 5.02 Å². The van der Waals surface area contributed by atoms with Gasteiger partial charge in [0.05, 0.1) is 0 Å². The first kappa shape index (κ1) is 15.7. The van der Waals surface area contributed by atoms with Gasteiger partial charge in [-0.25, -0.2) is 0 Å². The second kappa shape index (κ2) is 7.90. The number of hydrogen-bond acceptors (Lipinski definition) is 4. The molecule has 3 aromatic rings. The number of halogens is 1. The zero-order valence-electron chi connectivity index (χ0n) is 12.7. The van der Waals surface area contributed by atoms with E-state index in [2.05, 4.69) is 15.5 Å². The van der Waals surface area contributed by atoms with Crippen molar-refractivity contribution in [2.75, 3.05) is 13.1 Å². The van der Waals surface area contributed by atoms with Crippen LogP contribution in [0.3, 0.4) is 0 Å². The Kier molecular flexibility index (Phi) is 5.40. The molecule has 0 aliphatic carbocycles. The molecule has 4 nitrogen and oxygen atoms in total. The van der Waals surface area contributed by atoms with E-state index in [1.807, 2.05) is 54.6 Å². The molecule has 0 radical (unpaired) electrons. The van der Waals surface area contributed by atoms with Gasteiger partial charge in [-0.1, -0.05) is 41.9 Å². The SMILES string of the molecule is Clc1ccc(CCNCCc2nnc(-c3ccccc3)o2)cc1. The Morgan fingerprint density at radius 3 is 2.39 bits per heavy atom. The summed E-state index contributed by atoms with van der Waals surface area (Å²) in [5.74, 6) is 1.23. The van der Waals surface area contributed by atoms with E-state index in [9.17, 15) is 0 Å². The Morgan fingerprint density at radius 1 is 0.870 bits per heavy atom. The summed E-state index contributed by atoms with van der Waals surface area (Å²) < 4.78 is 5.67. The van der Waals surface area contributed by atoms with Crippen LogP contribution in [0.1, 0.15) is 11.5 Å². The normalized spacial score (nSPS) is 10.8. The molecule has 3 rings (SSSR count). The molecule has 1 aromatic heterocycles. The van der Waals surface area contributed by atoms with Crippen LogP contribution in [-0.4, -0.2) is 23.3 Å². The van der Waals surface area contributed by atoms with Crippen molar-refractivity contribution < 1.29 is 4.42 Å². The number of aromatic nitrogens is 2. The van der Waals surface area contributed by atoms with E-state index in [4.69, 9.17) is 16.0 Å². The van der Waals surface area contributed by atoms with Crippen molar-refractivity contribution in [1.29, 1.82) is 0 Å². The molecule has 0 fully saturated rings. The maximum atomic E-state index is 5.87. The van der Waals surface area contributed by atoms with Crippen LogP contribution in [0.15, 0.2) is 59.0 Å². The Balaban J connectivity index is 1.41. The van der Waals surface area contributed by atoms with Gasteiger partial charge in [0, 0.05) is 23.6 Å². The number of nitrogens with one attached hydrogen (secondary N) is 1. The number of nitrogens with zero attached hydrogens (tertiary/aromatic N) is 2. The molecular weight excluding hydrogens is 310 g/mol. The maximum absolute atomic E-state index is 5.87. The summed E-state index contributed by atoms with van der Waals surface area (Å²) in [6.45, 7) is 1.71. The molecule has 0 bridgehead atoms. The van der Waals surface area contributed by atoms with E-state index in [1.165, 1.54) is 5.56 Å². The van der Waals surface area contributed by atoms with E-state index >= 15 is 0 Å². The predicted octanol–water partition coefficient (Wildman–Crippen LogP) is 3.76. The summed E-state index contributed by atoms with van der Waals surface area (Å²) in [6, 6.07) is 17.7. The lowest BCUT2D eigenvalue weighted by atomic mass is 10.1. The van der Waals surface area contributed by atoms with Crippen LogP contribution in [-0.2, 0) is 12.8 Å². The Morgan fingerprint density at radius 2 is 1.61 bits per heavy atom. The Labute approximate surface area is 140 Å². The summed E-state index contributed by atoms with van der Waals surface area (Å²) in [6.07, 6.45) is 1.69. The molecule has 0 saturated heterocycles. The lowest BCUT2D eigenvalue weighted by molar-refractivity contribution is 0.495. The Hall–Kier alpha value is -2.17. The molecule has 5 heteroatoms. The molecular formula is C18H18ClN3O. The van der Waals surface area contributed by atoms with E-state index in [0.717, 1.165) is 36.5 Å². The minimum absolute atomic E-state index is 0.571. The van der Waals surface area contributed by atoms with Gasteiger partial charge < -0.3 is 9.73 Å². The van der Waals surface area contributed by atoms with Crippen molar-refractivity contribution >= 4 is 11.6 Å². The van der Waals surface area contributed by atoms with Crippen molar-refractivity contribution in [3.05, 3.63) is 71.1 Å². The molecule has 118 valence electrons. The van der Waals surface area contributed by atoms with Crippen molar-refractivity contribution in [2.24, 2.45) is 0 Å². The smallest absolute Gasteiger partial charge is 0.247 e. The molecule has 1 N–H and O–H groups in total. The minimum atomic E-state index is 0.571. The van der Waals surface area contributed by atoms with Crippen molar-refractivity contribution in [1.82, 2.24) is 15.5 Å². The third kappa shape index (κ3) is 4.65. The fourth-order valence-electron chi connectivity index (χ4n) is 2.26. The third-order valence-corrected chi connectivity index (χ3v) is 3.76. The van der Waals surface area contributed by atoms with Gasteiger partial charge >= 0.3 is 0 Å². The monoisotopic (exact) mass is 327 g/mol. The molecule has 0 unspecified atom stereocenters. The fourth-order valence-corrected chi connectivity index (χ4v) is 2.38. The summed E-state index contributed by atoms with van der Waals surface area (Å²) >= 11 is 5.87. The zero-order chi connectivity index (χ0) is 15.9. The molecule has 1 heterocycles. The summed E-state index contributed by atoms with van der Waals surface area (Å²) in [5, 5.41) is 12.3. The van der Waals surface area contributed by atoms with E-state index < -0.39 is 0 Å². The molecule has 0 spiro atoms. The van der Waals surface area contributed by atoms with Crippen LogP contribution in [0, 0.1) is 0 Å². The highest BCUT2D eigenvalue weighted by Crippen LogP contribution is 2.16. The van der Waals surface area contributed by atoms with Gasteiger partial charge in [-0.3, -0.25) is 0 Å². The van der Waals surface area contributed by atoms with Gasteiger partial charge in [-0.05, 0) is 42.8 Å². The lowest BCUT2D eigenvalue weighted by Crippen LogP contribution is -2.20. The summed E-state index contributed by atoms with van der Waals surface area (Å²) in [7, 11) is 0. The highest BCUT2D eigenvalue weighted by atomic mass is 35.5. The van der Waals surface area contributed by atoms with Gasteiger partial charge in [0.25, 0.3) is 0 Å².